The molecule has 1 N–H and O–H groups in total. The SMILES string of the molecule is Cc1cccc(NC(=O)[C@@H](C#N)C(=O)COc2ccccc2)c1. The van der Waals surface area contributed by atoms with Crippen molar-refractivity contribution in [2.45, 2.75) is 6.92 Å². The first-order valence-electron chi connectivity index (χ1n) is 7.08. The van der Waals surface area contributed by atoms with Crippen LogP contribution in [0.25, 0.3) is 0 Å². The molecule has 0 heterocycles. The molecule has 0 spiro atoms. The van der Waals surface area contributed by atoms with E-state index in [-0.39, 0.29) is 6.61 Å². The number of carbonyl (C=O) groups excluding carboxylic acids is 2. The summed E-state index contributed by atoms with van der Waals surface area (Å²) in [6.07, 6.45) is 0. The fraction of sp³-hybridized carbons (Fsp3) is 0.167. The maximum Gasteiger partial charge on any atom is 0.249 e. The summed E-state index contributed by atoms with van der Waals surface area (Å²) < 4.78 is 5.29. The van der Waals surface area contributed by atoms with E-state index in [0.717, 1.165) is 5.56 Å². The standard InChI is InChI=1S/C18H16N2O3/c1-13-6-5-7-14(10-13)20-18(22)16(11-19)17(21)12-23-15-8-3-2-4-9-15/h2-10,16H,12H2,1H3,(H,20,22)/t16-/m0/s1. The van der Waals surface area contributed by atoms with Gasteiger partial charge in [0.05, 0.1) is 6.07 Å². The summed E-state index contributed by atoms with van der Waals surface area (Å²) in [5, 5.41) is 11.7. The van der Waals surface area contributed by atoms with Crippen LogP contribution < -0.4 is 10.1 Å². The first-order chi connectivity index (χ1) is 11.1. The van der Waals surface area contributed by atoms with Crippen LogP contribution in [-0.2, 0) is 9.59 Å². The molecule has 0 radical (unpaired) electrons. The van der Waals surface area contributed by atoms with E-state index in [0.29, 0.717) is 11.4 Å². The number of aryl methyl sites for hydroxylation is 1. The molecule has 1 atom stereocenters. The van der Waals surface area contributed by atoms with Gasteiger partial charge in [-0.15, -0.1) is 0 Å². The van der Waals surface area contributed by atoms with E-state index in [1.807, 2.05) is 19.1 Å². The number of benzene rings is 2. The van der Waals surface area contributed by atoms with E-state index >= 15 is 0 Å². The maximum atomic E-state index is 12.1. The highest BCUT2D eigenvalue weighted by Crippen LogP contribution is 2.13. The van der Waals surface area contributed by atoms with Gasteiger partial charge in [-0.1, -0.05) is 30.3 Å². The van der Waals surface area contributed by atoms with Crippen LogP contribution in [0.15, 0.2) is 54.6 Å². The molecule has 0 unspecified atom stereocenters. The maximum absolute atomic E-state index is 12.1. The number of ether oxygens (including phenoxy) is 1. The van der Waals surface area contributed by atoms with Gasteiger partial charge in [-0.3, -0.25) is 9.59 Å². The predicted molar refractivity (Wildman–Crippen MR) is 85.9 cm³/mol. The van der Waals surface area contributed by atoms with Crippen molar-refractivity contribution in [3.63, 3.8) is 0 Å². The number of ketones is 1. The van der Waals surface area contributed by atoms with Gasteiger partial charge in [-0.2, -0.15) is 5.26 Å². The Morgan fingerprint density at radius 1 is 1.17 bits per heavy atom. The van der Waals surface area contributed by atoms with Gasteiger partial charge < -0.3 is 10.1 Å². The van der Waals surface area contributed by atoms with Crippen molar-refractivity contribution in [3.05, 3.63) is 60.2 Å². The molecule has 0 aliphatic heterocycles. The van der Waals surface area contributed by atoms with E-state index < -0.39 is 17.6 Å². The quantitative estimate of drug-likeness (QED) is 0.832. The summed E-state index contributed by atoms with van der Waals surface area (Å²) >= 11 is 0. The van der Waals surface area contributed by atoms with E-state index in [4.69, 9.17) is 10.00 Å². The van der Waals surface area contributed by atoms with Gasteiger partial charge in [0.15, 0.2) is 11.7 Å². The van der Waals surface area contributed by atoms with Crippen molar-refractivity contribution in [1.29, 1.82) is 5.26 Å². The van der Waals surface area contributed by atoms with Gasteiger partial charge in [0.2, 0.25) is 5.91 Å². The highest BCUT2D eigenvalue weighted by molar-refractivity contribution is 6.09. The summed E-state index contributed by atoms with van der Waals surface area (Å²) in [5.41, 5.74) is 1.52. The molecular weight excluding hydrogens is 292 g/mol. The third-order valence-electron chi connectivity index (χ3n) is 3.12. The summed E-state index contributed by atoms with van der Waals surface area (Å²) in [7, 11) is 0. The number of amides is 1. The molecule has 0 fully saturated rings. The van der Waals surface area contributed by atoms with Crippen molar-refractivity contribution in [2.24, 2.45) is 5.92 Å². The number of nitrogens with one attached hydrogen (secondary N) is 1. The van der Waals surface area contributed by atoms with Crippen LogP contribution in [-0.4, -0.2) is 18.3 Å². The molecule has 23 heavy (non-hydrogen) atoms. The Morgan fingerprint density at radius 2 is 1.91 bits per heavy atom. The molecule has 5 nitrogen and oxygen atoms in total. The van der Waals surface area contributed by atoms with Gasteiger partial charge >= 0.3 is 0 Å². The fourth-order valence-corrected chi connectivity index (χ4v) is 1.97. The highest BCUT2D eigenvalue weighted by atomic mass is 16.5. The number of hydrogen-bond donors (Lipinski definition) is 1. The number of Topliss-reactive ketones (excluding diaryl/α,β-unsaturated/α-hetero) is 1. The van der Waals surface area contributed by atoms with Crippen molar-refractivity contribution < 1.29 is 14.3 Å². The number of carbonyl (C=O) groups is 2. The first kappa shape index (κ1) is 16.2. The number of nitriles is 1. The molecule has 0 bridgehead atoms. The predicted octanol–water partition coefficient (Wildman–Crippen LogP) is 2.72. The molecule has 0 aromatic heterocycles. The zero-order valence-corrected chi connectivity index (χ0v) is 12.7. The van der Waals surface area contributed by atoms with Crippen LogP contribution in [0.3, 0.4) is 0 Å². The Kier molecular flexibility index (Phi) is 5.48. The summed E-state index contributed by atoms with van der Waals surface area (Å²) in [6.45, 7) is 1.56. The van der Waals surface area contributed by atoms with Gasteiger partial charge in [0.25, 0.3) is 0 Å². The molecule has 0 aliphatic rings. The number of anilines is 1. The zero-order chi connectivity index (χ0) is 16.7. The molecule has 116 valence electrons. The molecule has 5 heteroatoms. The Labute approximate surface area is 134 Å². The van der Waals surface area contributed by atoms with E-state index in [2.05, 4.69) is 5.32 Å². The van der Waals surface area contributed by atoms with Gasteiger partial charge in [-0.05, 0) is 36.8 Å². The smallest absolute Gasteiger partial charge is 0.249 e. The van der Waals surface area contributed by atoms with Crippen LogP contribution in [0.4, 0.5) is 5.69 Å². The Hall–Kier alpha value is -3.13. The third kappa shape index (κ3) is 4.68. The van der Waals surface area contributed by atoms with Crippen molar-refractivity contribution in [1.82, 2.24) is 0 Å². The van der Waals surface area contributed by atoms with Crippen LogP contribution >= 0.6 is 0 Å². The Bertz CT molecular complexity index is 735. The van der Waals surface area contributed by atoms with Crippen LogP contribution in [0, 0.1) is 24.2 Å². The van der Waals surface area contributed by atoms with Crippen LogP contribution in [0.5, 0.6) is 5.75 Å². The van der Waals surface area contributed by atoms with E-state index in [1.165, 1.54) is 0 Å². The van der Waals surface area contributed by atoms with Crippen molar-refractivity contribution in [3.8, 4) is 11.8 Å². The zero-order valence-electron chi connectivity index (χ0n) is 12.7. The second-order valence-electron chi connectivity index (χ2n) is 4.99. The molecular formula is C18H16N2O3. The molecule has 0 aliphatic carbocycles. The number of rotatable bonds is 6. The summed E-state index contributed by atoms with van der Waals surface area (Å²) in [4.78, 5) is 24.1. The minimum atomic E-state index is -1.40. The Balaban J connectivity index is 1.96. The minimum Gasteiger partial charge on any atom is -0.486 e. The second kappa shape index (κ2) is 7.76. The van der Waals surface area contributed by atoms with Crippen molar-refractivity contribution in [2.75, 3.05) is 11.9 Å². The topological polar surface area (TPSA) is 79.2 Å². The summed E-state index contributed by atoms with van der Waals surface area (Å²) in [5.74, 6) is -2.13. The van der Waals surface area contributed by atoms with Crippen LogP contribution in [0.2, 0.25) is 0 Å². The van der Waals surface area contributed by atoms with E-state index in [1.54, 1.807) is 48.5 Å². The fourth-order valence-electron chi connectivity index (χ4n) is 1.97. The average molecular weight is 308 g/mol. The first-order valence-corrected chi connectivity index (χ1v) is 7.08. The lowest BCUT2D eigenvalue weighted by molar-refractivity contribution is -0.130. The van der Waals surface area contributed by atoms with Gasteiger partial charge in [0.1, 0.15) is 12.4 Å². The minimum absolute atomic E-state index is 0.330. The average Bonchev–Trinajstić information content (AvgIpc) is 2.54. The molecule has 2 aromatic carbocycles. The normalized spacial score (nSPS) is 11.1. The molecule has 2 aromatic rings. The number of para-hydroxylation sites is 1. The number of nitrogens with zero attached hydrogens (tertiary/aromatic N) is 1. The largest absolute Gasteiger partial charge is 0.486 e. The lowest BCUT2D eigenvalue weighted by Gasteiger charge is -2.11. The highest BCUT2D eigenvalue weighted by Gasteiger charge is 2.26. The van der Waals surface area contributed by atoms with E-state index in [9.17, 15) is 9.59 Å². The summed E-state index contributed by atoms with van der Waals surface area (Å²) in [6, 6.07) is 17.6. The molecule has 0 saturated carbocycles. The lowest BCUT2D eigenvalue weighted by Crippen LogP contribution is -2.31. The van der Waals surface area contributed by atoms with Crippen LogP contribution in [0.1, 0.15) is 5.56 Å². The van der Waals surface area contributed by atoms with Gasteiger partial charge in [0, 0.05) is 5.69 Å². The number of hydrogen-bond acceptors (Lipinski definition) is 4. The van der Waals surface area contributed by atoms with Crippen molar-refractivity contribution >= 4 is 17.4 Å². The monoisotopic (exact) mass is 308 g/mol. The molecule has 1 amide bonds. The van der Waals surface area contributed by atoms with Gasteiger partial charge in [-0.25, -0.2) is 0 Å². The molecule has 0 saturated heterocycles. The lowest BCUT2D eigenvalue weighted by atomic mass is 10.1. The second-order valence-corrected chi connectivity index (χ2v) is 4.99. The third-order valence-corrected chi connectivity index (χ3v) is 3.12. The Morgan fingerprint density at radius 3 is 2.57 bits per heavy atom. The molecule has 2 rings (SSSR count).